The van der Waals surface area contributed by atoms with Crippen molar-refractivity contribution in [1.29, 1.82) is 0 Å². The molecule has 0 saturated carbocycles. The van der Waals surface area contributed by atoms with Crippen molar-refractivity contribution in [2.24, 2.45) is 0 Å². The molecule has 224 valence electrons. The third kappa shape index (κ3) is 6.63. The maximum Gasteiger partial charge on any atom is 0.255 e. The number of methoxy groups -OCH3 is 1. The van der Waals surface area contributed by atoms with Crippen molar-refractivity contribution >= 4 is 56.8 Å². The number of nitrogens with zero attached hydrogens (tertiary/aromatic N) is 3. The quantitative estimate of drug-likeness (QED) is 0.155. The van der Waals surface area contributed by atoms with Crippen LogP contribution in [0.3, 0.4) is 0 Å². The Morgan fingerprint density at radius 3 is 2.58 bits per heavy atom. The van der Waals surface area contributed by atoms with E-state index in [1.54, 1.807) is 23.9 Å². The van der Waals surface area contributed by atoms with Crippen LogP contribution in [0.2, 0.25) is 5.02 Å². The highest BCUT2D eigenvalue weighted by Gasteiger charge is 2.36. The number of thioether (sulfide) groups is 1. The van der Waals surface area contributed by atoms with Gasteiger partial charge < -0.3 is 24.8 Å². The number of hydrogen-bond acceptors (Lipinski definition) is 8. The number of para-hydroxylation sites is 2. The maximum absolute atomic E-state index is 14.0. The van der Waals surface area contributed by atoms with Crippen molar-refractivity contribution in [2.75, 3.05) is 31.0 Å². The minimum Gasteiger partial charge on any atom is -0.495 e. The van der Waals surface area contributed by atoms with Gasteiger partial charge in [-0.3, -0.25) is 4.79 Å². The van der Waals surface area contributed by atoms with E-state index in [1.165, 1.54) is 11.8 Å². The second-order valence-corrected chi connectivity index (χ2v) is 11.7. The van der Waals surface area contributed by atoms with Gasteiger partial charge in [-0.2, -0.15) is 4.98 Å². The van der Waals surface area contributed by atoms with Gasteiger partial charge in [-0.25, -0.2) is 4.68 Å². The van der Waals surface area contributed by atoms with Crippen LogP contribution in [0, 0.1) is 0 Å². The van der Waals surface area contributed by atoms with Crippen molar-refractivity contribution in [3.8, 4) is 17.2 Å². The number of ether oxygens (including phenoxy) is 3. The van der Waals surface area contributed by atoms with Gasteiger partial charge >= 0.3 is 0 Å². The number of hydrogen-bond donors (Lipinski definition) is 2. The molecule has 1 aliphatic rings. The second kappa shape index (κ2) is 13.7. The summed E-state index contributed by atoms with van der Waals surface area (Å²) in [6.07, 6.45) is 0. The van der Waals surface area contributed by atoms with Crippen LogP contribution in [0.25, 0.3) is 0 Å². The molecule has 3 aromatic carbocycles. The summed E-state index contributed by atoms with van der Waals surface area (Å²) in [5, 5.41) is 12.4. The van der Waals surface area contributed by atoms with Gasteiger partial charge in [-0.1, -0.05) is 53.7 Å². The maximum atomic E-state index is 14.0. The molecule has 0 bridgehead atoms. The van der Waals surface area contributed by atoms with E-state index in [1.807, 2.05) is 69.3 Å². The number of halogens is 2. The average molecular weight is 685 g/mol. The lowest BCUT2D eigenvalue weighted by Gasteiger charge is -2.29. The summed E-state index contributed by atoms with van der Waals surface area (Å²) in [4.78, 5) is 18.8. The molecular formula is C31H31BrClN5O4S. The van der Waals surface area contributed by atoms with Crippen LogP contribution in [0.15, 0.2) is 81.6 Å². The summed E-state index contributed by atoms with van der Waals surface area (Å²) in [5.41, 5.74) is 3.40. The highest BCUT2D eigenvalue weighted by molar-refractivity contribution is 9.10. The molecule has 1 aromatic heterocycles. The number of allylic oxidation sites excluding steroid dienone is 1. The fraction of sp³-hybridized carbons (Fsp3) is 0.258. The molecule has 2 heterocycles. The fourth-order valence-electron chi connectivity index (χ4n) is 4.78. The first-order valence-corrected chi connectivity index (χ1v) is 15.8. The van der Waals surface area contributed by atoms with E-state index >= 15 is 0 Å². The number of amides is 1. The lowest BCUT2D eigenvalue weighted by atomic mass is 9.94. The van der Waals surface area contributed by atoms with Crippen LogP contribution in [-0.2, 0) is 10.5 Å². The van der Waals surface area contributed by atoms with E-state index in [0.29, 0.717) is 73.8 Å². The van der Waals surface area contributed by atoms with E-state index in [4.69, 9.17) is 35.9 Å². The third-order valence-corrected chi connectivity index (χ3v) is 8.53. The van der Waals surface area contributed by atoms with Crippen LogP contribution in [-0.4, -0.2) is 41.0 Å². The molecule has 1 amide bonds. The highest BCUT2D eigenvalue weighted by atomic mass is 79.9. The minimum absolute atomic E-state index is 0.311. The lowest BCUT2D eigenvalue weighted by molar-refractivity contribution is -0.113. The van der Waals surface area contributed by atoms with Crippen LogP contribution in [0.5, 0.6) is 17.2 Å². The number of nitrogens with one attached hydrogen (secondary N) is 2. The Labute approximate surface area is 268 Å². The zero-order valence-corrected chi connectivity index (χ0v) is 27.3. The Morgan fingerprint density at radius 1 is 1.09 bits per heavy atom. The molecule has 0 spiro atoms. The van der Waals surface area contributed by atoms with E-state index in [9.17, 15) is 4.79 Å². The summed E-state index contributed by atoms with van der Waals surface area (Å²) in [5.74, 6) is 2.50. The summed E-state index contributed by atoms with van der Waals surface area (Å²) in [6.45, 7) is 6.59. The zero-order chi connectivity index (χ0) is 30.5. The standard InChI is InChI=1S/C31H31BrClN5O4S/c1-5-41-25-16-20(15-21(32)28(25)42-6-2)27-26(29(39)35-23-13-9-10-14-24(23)40-4)18(3)34-30-36-31(37-38(27)30)43-17-19-11-7-8-12-22(19)33/h7-16,27H,5-6,17H2,1-4H3,(H,35,39)(H,34,36,37). The molecule has 0 fully saturated rings. The topological polar surface area (TPSA) is 99.5 Å². The Hall–Kier alpha value is -3.67. The summed E-state index contributed by atoms with van der Waals surface area (Å²) >= 11 is 11.5. The number of anilines is 2. The monoisotopic (exact) mass is 683 g/mol. The van der Waals surface area contributed by atoms with E-state index < -0.39 is 6.04 Å². The largest absolute Gasteiger partial charge is 0.495 e. The summed E-state index contributed by atoms with van der Waals surface area (Å²) < 4.78 is 19.8. The van der Waals surface area contributed by atoms with Gasteiger partial charge in [0.15, 0.2) is 11.5 Å². The Kier molecular flexibility index (Phi) is 9.84. The molecule has 2 N–H and O–H groups in total. The average Bonchev–Trinajstić information content (AvgIpc) is 3.40. The highest BCUT2D eigenvalue weighted by Crippen LogP contribution is 2.44. The van der Waals surface area contributed by atoms with E-state index in [0.717, 1.165) is 11.1 Å². The van der Waals surface area contributed by atoms with Crippen molar-refractivity contribution in [2.45, 2.75) is 37.7 Å². The molecule has 43 heavy (non-hydrogen) atoms. The molecular weight excluding hydrogens is 654 g/mol. The molecule has 4 aromatic rings. The third-order valence-electron chi connectivity index (χ3n) is 6.68. The first-order chi connectivity index (χ1) is 20.8. The number of carbonyl (C=O) groups is 1. The summed E-state index contributed by atoms with van der Waals surface area (Å²) in [6, 6.07) is 18.1. The van der Waals surface area contributed by atoms with Crippen LogP contribution in [0.4, 0.5) is 11.6 Å². The van der Waals surface area contributed by atoms with Crippen molar-refractivity contribution in [1.82, 2.24) is 14.8 Å². The van der Waals surface area contributed by atoms with E-state index in [2.05, 4.69) is 26.6 Å². The van der Waals surface area contributed by atoms with Crippen molar-refractivity contribution < 1.29 is 19.0 Å². The number of rotatable bonds is 11. The molecule has 0 saturated heterocycles. The molecule has 5 rings (SSSR count). The van der Waals surface area contributed by atoms with Gasteiger partial charge in [-0.05, 0) is 78.2 Å². The van der Waals surface area contributed by atoms with Crippen LogP contribution in [0.1, 0.15) is 37.9 Å². The van der Waals surface area contributed by atoms with Gasteiger partial charge in [0, 0.05) is 16.5 Å². The van der Waals surface area contributed by atoms with Crippen molar-refractivity contribution in [3.05, 3.63) is 92.6 Å². The fourth-order valence-corrected chi connectivity index (χ4v) is 6.47. The Bertz CT molecular complexity index is 1680. The molecule has 1 unspecified atom stereocenters. The number of carbonyl (C=O) groups excluding carboxylic acids is 1. The second-order valence-electron chi connectivity index (χ2n) is 9.46. The molecule has 0 aliphatic carbocycles. The SMILES string of the molecule is CCOc1cc(C2C(C(=O)Nc3ccccc3OC)=C(C)Nc3nc(SCc4ccccc4Cl)nn32)cc(Br)c1OCC. The summed E-state index contributed by atoms with van der Waals surface area (Å²) in [7, 11) is 1.57. The van der Waals surface area contributed by atoms with Gasteiger partial charge in [0.25, 0.3) is 5.91 Å². The van der Waals surface area contributed by atoms with Gasteiger partial charge in [0.05, 0.1) is 36.1 Å². The van der Waals surface area contributed by atoms with Gasteiger partial charge in [-0.15, -0.1) is 5.10 Å². The Morgan fingerprint density at radius 2 is 1.84 bits per heavy atom. The smallest absolute Gasteiger partial charge is 0.255 e. The molecule has 1 atom stereocenters. The zero-order valence-electron chi connectivity index (χ0n) is 24.1. The van der Waals surface area contributed by atoms with E-state index in [-0.39, 0.29) is 5.91 Å². The van der Waals surface area contributed by atoms with Gasteiger partial charge in [0.1, 0.15) is 11.8 Å². The number of benzene rings is 3. The van der Waals surface area contributed by atoms with Crippen LogP contribution >= 0.6 is 39.3 Å². The van der Waals surface area contributed by atoms with Gasteiger partial charge in [0.2, 0.25) is 11.1 Å². The number of fused-ring (bicyclic) bond motifs is 1. The first kappa shape index (κ1) is 30.8. The molecule has 12 heteroatoms. The lowest BCUT2D eigenvalue weighted by Crippen LogP contribution is -2.31. The molecule has 1 aliphatic heterocycles. The minimum atomic E-state index is -0.640. The molecule has 0 radical (unpaired) electrons. The Balaban J connectivity index is 1.58. The first-order valence-electron chi connectivity index (χ1n) is 13.7. The molecule has 9 nitrogen and oxygen atoms in total. The normalized spacial score (nSPS) is 14.1. The predicted molar refractivity (Wildman–Crippen MR) is 174 cm³/mol. The van der Waals surface area contributed by atoms with Crippen LogP contribution < -0.4 is 24.8 Å². The predicted octanol–water partition coefficient (Wildman–Crippen LogP) is 7.72. The number of aromatic nitrogens is 3. The van der Waals surface area contributed by atoms with Crippen molar-refractivity contribution in [3.63, 3.8) is 0 Å².